The number of ether oxygens (including phenoxy) is 3. The number of hydrogen-bond acceptors (Lipinski definition) is 7. The van der Waals surface area contributed by atoms with E-state index in [0.29, 0.717) is 6.42 Å². The quantitative estimate of drug-likeness (QED) is 0.505. The fourth-order valence-electron chi connectivity index (χ4n) is 2.88. The molecule has 0 spiro atoms. The predicted octanol–water partition coefficient (Wildman–Crippen LogP) is 3.40. The first kappa shape index (κ1) is 23.7. The van der Waals surface area contributed by atoms with E-state index in [1.165, 1.54) is 7.11 Å². The van der Waals surface area contributed by atoms with Gasteiger partial charge in [-0.25, -0.2) is 0 Å². The Hall–Kier alpha value is -2.61. The second-order valence-corrected chi connectivity index (χ2v) is 7.03. The SMILES string of the molecule is CC1CC(Oc2ccccc2)C(O)O1.CO/N=C/C(CC(C)O)Oc1ccccc1. The average molecular weight is 418 g/mol. The van der Waals surface area contributed by atoms with Gasteiger partial charge in [-0.05, 0) is 38.1 Å². The number of para-hydroxylation sites is 2. The molecule has 0 radical (unpaired) electrons. The minimum absolute atomic E-state index is 0.0683. The number of benzene rings is 2. The Balaban J connectivity index is 0.000000215. The Labute approximate surface area is 177 Å². The number of oxime groups is 1. The molecule has 5 atom stereocenters. The molecule has 7 heteroatoms. The fraction of sp³-hybridized carbons (Fsp3) is 0.435. The van der Waals surface area contributed by atoms with Crippen molar-refractivity contribution in [3.8, 4) is 11.5 Å². The van der Waals surface area contributed by atoms with Crippen LogP contribution in [0.5, 0.6) is 11.5 Å². The van der Waals surface area contributed by atoms with Gasteiger partial charge in [0.05, 0.1) is 18.4 Å². The Morgan fingerprint density at radius 1 is 1.10 bits per heavy atom. The van der Waals surface area contributed by atoms with Gasteiger partial charge >= 0.3 is 0 Å². The molecule has 0 aromatic heterocycles. The predicted molar refractivity (Wildman–Crippen MR) is 115 cm³/mol. The molecule has 0 bridgehead atoms. The highest BCUT2D eigenvalue weighted by Gasteiger charge is 2.32. The maximum absolute atomic E-state index is 9.47. The molecule has 2 aromatic rings. The van der Waals surface area contributed by atoms with Crippen molar-refractivity contribution >= 4 is 6.21 Å². The van der Waals surface area contributed by atoms with Crippen molar-refractivity contribution in [2.45, 2.75) is 57.4 Å². The first-order valence-corrected chi connectivity index (χ1v) is 9.99. The van der Waals surface area contributed by atoms with Crippen LogP contribution < -0.4 is 9.47 Å². The zero-order chi connectivity index (χ0) is 21.8. The van der Waals surface area contributed by atoms with E-state index in [1.807, 2.05) is 67.6 Å². The largest absolute Gasteiger partial charge is 0.485 e. The van der Waals surface area contributed by atoms with E-state index in [9.17, 15) is 10.2 Å². The molecule has 0 amide bonds. The maximum Gasteiger partial charge on any atom is 0.192 e. The summed E-state index contributed by atoms with van der Waals surface area (Å²) in [6, 6.07) is 18.9. The van der Waals surface area contributed by atoms with Crippen LogP contribution in [0.3, 0.4) is 0 Å². The second-order valence-electron chi connectivity index (χ2n) is 7.03. The van der Waals surface area contributed by atoms with E-state index in [4.69, 9.17) is 14.2 Å². The van der Waals surface area contributed by atoms with E-state index in [2.05, 4.69) is 9.99 Å². The van der Waals surface area contributed by atoms with Crippen LogP contribution in [-0.2, 0) is 9.57 Å². The van der Waals surface area contributed by atoms with Gasteiger partial charge in [0.2, 0.25) is 0 Å². The molecule has 1 heterocycles. The third kappa shape index (κ3) is 8.82. The summed E-state index contributed by atoms with van der Waals surface area (Å²) in [5.74, 6) is 1.52. The van der Waals surface area contributed by atoms with E-state index < -0.39 is 12.4 Å². The van der Waals surface area contributed by atoms with Crippen LogP contribution in [0.15, 0.2) is 65.8 Å². The lowest BCUT2D eigenvalue weighted by Gasteiger charge is -2.16. The molecule has 5 unspecified atom stereocenters. The van der Waals surface area contributed by atoms with E-state index >= 15 is 0 Å². The minimum Gasteiger partial charge on any atom is -0.485 e. The molecule has 7 nitrogen and oxygen atoms in total. The van der Waals surface area contributed by atoms with Gasteiger partial charge in [0.1, 0.15) is 24.7 Å². The molecule has 2 aromatic carbocycles. The number of aliphatic hydroxyl groups excluding tert-OH is 2. The standard InChI is InChI=1S/C12H17NO3.C11H14O3/c1-10(14)8-12(9-13-15-2)16-11-6-4-3-5-7-11;1-8-7-10(11(12)13-8)14-9-5-3-2-4-6-9/h3-7,9-10,12,14H,8H2,1-2H3;2-6,8,10-12H,7H2,1H3/b13-9+;. The lowest BCUT2D eigenvalue weighted by Crippen LogP contribution is -2.26. The number of aliphatic hydroxyl groups is 2. The second kappa shape index (κ2) is 12.8. The summed E-state index contributed by atoms with van der Waals surface area (Å²) in [5, 5.41) is 22.5. The third-order valence-electron chi connectivity index (χ3n) is 4.22. The molecule has 30 heavy (non-hydrogen) atoms. The van der Waals surface area contributed by atoms with Gasteiger partial charge in [-0.2, -0.15) is 0 Å². The molecule has 1 saturated heterocycles. The Kier molecular flexibility index (Phi) is 10.1. The summed E-state index contributed by atoms with van der Waals surface area (Å²) >= 11 is 0. The molecule has 1 fully saturated rings. The van der Waals surface area contributed by atoms with Crippen LogP contribution in [0, 0.1) is 0 Å². The van der Waals surface area contributed by atoms with Crippen LogP contribution in [0.25, 0.3) is 0 Å². The van der Waals surface area contributed by atoms with Crippen molar-refractivity contribution in [1.82, 2.24) is 0 Å². The summed E-state index contributed by atoms with van der Waals surface area (Å²) in [4.78, 5) is 4.60. The molecule has 3 rings (SSSR count). The van der Waals surface area contributed by atoms with Crippen LogP contribution in [0.2, 0.25) is 0 Å². The van der Waals surface area contributed by atoms with E-state index in [0.717, 1.165) is 17.9 Å². The van der Waals surface area contributed by atoms with Gasteiger partial charge < -0.3 is 29.3 Å². The Morgan fingerprint density at radius 3 is 2.20 bits per heavy atom. The molecular formula is C23H31NO6. The average Bonchev–Trinajstić information content (AvgIpc) is 3.04. The van der Waals surface area contributed by atoms with Crippen molar-refractivity contribution in [3.63, 3.8) is 0 Å². The molecule has 1 aliphatic heterocycles. The summed E-state index contributed by atoms with van der Waals surface area (Å²) in [7, 11) is 1.47. The van der Waals surface area contributed by atoms with Crippen molar-refractivity contribution in [2.24, 2.45) is 5.16 Å². The Morgan fingerprint density at radius 2 is 1.70 bits per heavy atom. The van der Waals surface area contributed by atoms with Gasteiger partial charge in [0.15, 0.2) is 12.4 Å². The molecule has 164 valence electrons. The number of nitrogens with zero attached hydrogens (tertiary/aromatic N) is 1. The zero-order valence-electron chi connectivity index (χ0n) is 17.6. The molecular weight excluding hydrogens is 386 g/mol. The van der Waals surface area contributed by atoms with Gasteiger partial charge in [0, 0.05) is 12.8 Å². The number of hydrogen-bond donors (Lipinski definition) is 2. The summed E-state index contributed by atoms with van der Waals surface area (Å²) in [5.41, 5.74) is 0. The van der Waals surface area contributed by atoms with Gasteiger partial charge in [-0.3, -0.25) is 0 Å². The van der Waals surface area contributed by atoms with Crippen molar-refractivity contribution in [2.75, 3.05) is 7.11 Å². The van der Waals surface area contributed by atoms with Crippen LogP contribution >= 0.6 is 0 Å². The van der Waals surface area contributed by atoms with Crippen LogP contribution in [0.1, 0.15) is 26.7 Å². The van der Waals surface area contributed by atoms with Crippen LogP contribution in [0.4, 0.5) is 0 Å². The smallest absolute Gasteiger partial charge is 0.192 e. The minimum atomic E-state index is -0.801. The van der Waals surface area contributed by atoms with Crippen molar-refractivity contribution in [3.05, 3.63) is 60.7 Å². The van der Waals surface area contributed by atoms with Gasteiger partial charge in [-0.1, -0.05) is 41.6 Å². The molecule has 0 saturated carbocycles. The monoisotopic (exact) mass is 417 g/mol. The lowest BCUT2D eigenvalue weighted by molar-refractivity contribution is -0.118. The third-order valence-corrected chi connectivity index (χ3v) is 4.22. The van der Waals surface area contributed by atoms with E-state index in [1.54, 1.807) is 13.1 Å². The normalized spacial score (nSPS) is 22.6. The molecule has 0 aliphatic carbocycles. The first-order chi connectivity index (χ1) is 14.5. The topological polar surface area (TPSA) is 89.7 Å². The summed E-state index contributed by atoms with van der Waals surface area (Å²) in [6.07, 6.45) is 1.04. The highest BCUT2D eigenvalue weighted by molar-refractivity contribution is 5.63. The highest BCUT2D eigenvalue weighted by atomic mass is 16.6. The van der Waals surface area contributed by atoms with Crippen molar-refractivity contribution < 1.29 is 29.3 Å². The summed E-state index contributed by atoms with van der Waals surface area (Å²) in [6.45, 7) is 3.64. The van der Waals surface area contributed by atoms with Gasteiger partial charge in [-0.15, -0.1) is 0 Å². The van der Waals surface area contributed by atoms with Crippen molar-refractivity contribution in [1.29, 1.82) is 0 Å². The highest BCUT2D eigenvalue weighted by Crippen LogP contribution is 2.23. The molecule has 2 N–H and O–H groups in total. The summed E-state index contributed by atoms with van der Waals surface area (Å²) < 4.78 is 16.4. The van der Waals surface area contributed by atoms with Gasteiger partial charge in [0.25, 0.3) is 0 Å². The van der Waals surface area contributed by atoms with E-state index in [-0.39, 0.29) is 18.3 Å². The van der Waals surface area contributed by atoms with Crippen LogP contribution in [-0.4, -0.2) is 54.2 Å². The fourth-order valence-corrected chi connectivity index (χ4v) is 2.88. The Bertz CT molecular complexity index is 725. The molecule has 1 aliphatic rings. The maximum atomic E-state index is 9.47. The first-order valence-electron chi connectivity index (χ1n) is 9.99. The zero-order valence-corrected chi connectivity index (χ0v) is 17.6. The number of rotatable bonds is 8. The lowest BCUT2D eigenvalue weighted by atomic mass is 10.2.